The molecule has 0 atom stereocenters. The molecule has 19 heavy (non-hydrogen) atoms. The van der Waals surface area contributed by atoms with Crippen LogP contribution in [0.1, 0.15) is 12.0 Å². The number of aromatic nitrogens is 3. The monoisotopic (exact) mass is 283 g/mol. The first-order valence-corrected chi connectivity index (χ1v) is 7.85. The van der Waals surface area contributed by atoms with E-state index < -0.39 is 10.0 Å². The molecule has 8 heteroatoms. The molecule has 2 aromatic rings. The molecule has 0 saturated carbocycles. The van der Waals surface area contributed by atoms with Gasteiger partial charge in [-0.3, -0.25) is 0 Å². The van der Waals surface area contributed by atoms with E-state index in [0.717, 1.165) is 17.5 Å². The van der Waals surface area contributed by atoms with E-state index >= 15 is 0 Å². The topological polar surface area (TPSA) is 88.4 Å². The first-order valence-electron chi connectivity index (χ1n) is 5.95. The number of hydrogen-bond donors (Lipinski definition) is 2. The molecule has 0 aliphatic rings. The minimum absolute atomic E-state index is 0.401. The molecule has 2 rings (SSSR count). The fraction of sp³-hybridized carbons (Fsp3) is 0.455. The Morgan fingerprint density at radius 3 is 2.84 bits per heavy atom. The molecule has 7 nitrogen and oxygen atoms in total. The van der Waals surface area contributed by atoms with Crippen molar-refractivity contribution in [2.75, 3.05) is 24.7 Å². The molecule has 0 amide bonds. The van der Waals surface area contributed by atoms with Crippen molar-refractivity contribution in [1.82, 2.24) is 19.3 Å². The summed E-state index contributed by atoms with van der Waals surface area (Å²) in [6.07, 6.45) is 3.72. The molecule has 0 radical (unpaired) electrons. The van der Waals surface area contributed by atoms with Crippen molar-refractivity contribution < 1.29 is 8.42 Å². The van der Waals surface area contributed by atoms with Gasteiger partial charge in [0.15, 0.2) is 5.65 Å². The predicted molar refractivity (Wildman–Crippen MR) is 73.7 cm³/mol. The Bertz CT molecular complexity index is 665. The molecule has 0 unspecified atom stereocenters. The summed E-state index contributed by atoms with van der Waals surface area (Å²) in [4.78, 5) is 4.30. The fourth-order valence-corrected chi connectivity index (χ4v) is 2.12. The Kier molecular flexibility index (Phi) is 4.01. The first-order chi connectivity index (χ1) is 8.94. The van der Waals surface area contributed by atoms with Crippen LogP contribution in [0.5, 0.6) is 0 Å². The van der Waals surface area contributed by atoms with E-state index in [1.807, 2.05) is 25.3 Å². The summed E-state index contributed by atoms with van der Waals surface area (Å²) < 4.78 is 25.9. The van der Waals surface area contributed by atoms with Crippen molar-refractivity contribution in [3.8, 4) is 0 Å². The van der Waals surface area contributed by atoms with Gasteiger partial charge in [-0.15, -0.1) is 5.10 Å². The maximum Gasteiger partial charge on any atom is 0.243 e. The van der Waals surface area contributed by atoms with Crippen molar-refractivity contribution in [1.29, 1.82) is 0 Å². The lowest BCUT2D eigenvalue weighted by Gasteiger charge is -2.02. The summed E-state index contributed by atoms with van der Waals surface area (Å²) in [7, 11) is -3.11. The molecule has 0 spiro atoms. The van der Waals surface area contributed by atoms with Crippen LogP contribution < -0.4 is 10.0 Å². The van der Waals surface area contributed by atoms with Gasteiger partial charge in [0.05, 0.1) is 6.26 Å². The largest absolute Gasteiger partial charge is 0.353 e. The molecule has 0 fully saturated rings. The van der Waals surface area contributed by atoms with Gasteiger partial charge in [0.2, 0.25) is 16.0 Å². The number of fused-ring (bicyclic) bond motifs is 1. The van der Waals surface area contributed by atoms with Crippen LogP contribution in [-0.2, 0) is 10.0 Å². The van der Waals surface area contributed by atoms with E-state index in [1.165, 1.54) is 0 Å². The summed E-state index contributed by atoms with van der Waals surface area (Å²) in [6, 6.07) is 3.88. The van der Waals surface area contributed by atoms with Crippen molar-refractivity contribution in [3.63, 3.8) is 0 Å². The Balaban J connectivity index is 1.85. The highest BCUT2D eigenvalue weighted by atomic mass is 32.2. The molecule has 0 aliphatic heterocycles. The Hall–Kier alpha value is -1.67. The zero-order valence-electron chi connectivity index (χ0n) is 10.9. The number of rotatable bonds is 6. The average Bonchev–Trinajstić information content (AvgIpc) is 2.68. The van der Waals surface area contributed by atoms with Crippen molar-refractivity contribution in [3.05, 3.63) is 23.9 Å². The molecule has 0 aromatic carbocycles. The van der Waals surface area contributed by atoms with E-state index in [1.54, 1.807) is 4.52 Å². The zero-order valence-corrected chi connectivity index (χ0v) is 11.7. The van der Waals surface area contributed by atoms with E-state index in [4.69, 9.17) is 0 Å². The maximum atomic E-state index is 10.9. The van der Waals surface area contributed by atoms with Crippen LogP contribution >= 0.6 is 0 Å². The average molecular weight is 283 g/mol. The molecular weight excluding hydrogens is 266 g/mol. The summed E-state index contributed by atoms with van der Waals surface area (Å²) in [5.41, 5.74) is 1.89. The third-order valence-corrected chi connectivity index (χ3v) is 3.21. The molecule has 0 bridgehead atoms. The smallest absolute Gasteiger partial charge is 0.243 e. The highest BCUT2D eigenvalue weighted by Gasteiger charge is 2.03. The number of hydrogen-bond acceptors (Lipinski definition) is 5. The number of aryl methyl sites for hydroxylation is 1. The highest BCUT2D eigenvalue weighted by molar-refractivity contribution is 7.88. The fourth-order valence-electron chi connectivity index (χ4n) is 1.61. The Morgan fingerprint density at radius 2 is 2.11 bits per heavy atom. The normalized spacial score (nSPS) is 11.9. The summed E-state index contributed by atoms with van der Waals surface area (Å²) >= 11 is 0. The van der Waals surface area contributed by atoms with Gasteiger partial charge in [-0.1, -0.05) is 6.07 Å². The highest BCUT2D eigenvalue weighted by Crippen LogP contribution is 2.06. The van der Waals surface area contributed by atoms with Crippen LogP contribution in [0.25, 0.3) is 5.65 Å². The molecule has 104 valence electrons. The number of anilines is 1. The summed E-state index contributed by atoms with van der Waals surface area (Å²) in [5, 5.41) is 7.34. The number of nitrogens with one attached hydrogen (secondary N) is 2. The minimum Gasteiger partial charge on any atom is -0.353 e. The SMILES string of the molecule is Cc1ccc2nc(NCCCNS(C)(=O)=O)nn2c1. The van der Waals surface area contributed by atoms with E-state index in [2.05, 4.69) is 20.1 Å². The van der Waals surface area contributed by atoms with Crippen molar-refractivity contribution >= 4 is 21.6 Å². The summed E-state index contributed by atoms with van der Waals surface area (Å²) in [6.45, 7) is 3.00. The molecule has 2 heterocycles. The predicted octanol–water partition coefficient (Wildman–Crippen LogP) is 0.389. The van der Waals surface area contributed by atoms with Crippen LogP contribution in [0, 0.1) is 6.92 Å². The molecule has 0 saturated heterocycles. The van der Waals surface area contributed by atoms with Crippen LogP contribution in [0.4, 0.5) is 5.95 Å². The van der Waals surface area contributed by atoms with Crippen molar-refractivity contribution in [2.24, 2.45) is 0 Å². The maximum absolute atomic E-state index is 10.9. The van der Waals surface area contributed by atoms with Gasteiger partial charge in [-0.05, 0) is 25.0 Å². The lowest BCUT2D eigenvalue weighted by Crippen LogP contribution is -2.24. The molecular formula is C11H17N5O2S. The van der Waals surface area contributed by atoms with Crippen LogP contribution in [0.2, 0.25) is 0 Å². The van der Waals surface area contributed by atoms with E-state index in [-0.39, 0.29) is 0 Å². The molecule has 0 aliphatic carbocycles. The number of pyridine rings is 1. The van der Waals surface area contributed by atoms with Crippen LogP contribution in [0.15, 0.2) is 18.3 Å². The van der Waals surface area contributed by atoms with Gasteiger partial charge in [0.1, 0.15) is 0 Å². The van der Waals surface area contributed by atoms with Gasteiger partial charge >= 0.3 is 0 Å². The Morgan fingerprint density at radius 1 is 1.32 bits per heavy atom. The van der Waals surface area contributed by atoms with Gasteiger partial charge in [-0.25, -0.2) is 17.7 Å². The van der Waals surface area contributed by atoms with E-state index in [9.17, 15) is 8.42 Å². The molecule has 2 aromatic heterocycles. The third-order valence-electron chi connectivity index (χ3n) is 2.48. The van der Waals surface area contributed by atoms with Gasteiger partial charge in [-0.2, -0.15) is 4.98 Å². The first kappa shape index (κ1) is 13.8. The van der Waals surface area contributed by atoms with Gasteiger partial charge < -0.3 is 5.32 Å². The second-order valence-corrected chi connectivity index (χ2v) is 6.22. The van der Waals surface area contributed by atoms with Crippen molar-refractivity contribution in [2.45, 2.75) is 13.3 Å². The second-order valence-electron chi connectivity index (χ2n) is 4.39. The number of nitrogens with zero attached hydrogens (tertiary/aromatic N) is 3. The quantitative estimate of drug-likeness (QED) is 0.749. The zero-order chi connectivity index (χ0) is 13.9. The number of sulfonamides is 1. The second kappa shape index (κ2) is 5.54. The van der Waals surface area contributed by atoms with Gasteiger partial charge in [0.25, 0.3) is 0 Å². The lowest BCUT2D eigenvalue weighted by molar-refractivity contribution is 0.586. The Labute approximate surface area is 112 Å². The van der Waals surface area contributed by atoms with Crippen LogP contribution in [0.3, 0.4) is 0 Å². The lowest BCUT2D eigenvalue weighted by atomic mass is 10.3. The summed E-state index contributed by atoms with van der Waals surface area (Å²) in [5.74, 6) is 0.546. The minimum atomic E-state index is -3.11. The standard InChI is InChI=1S/C11H17N5O2S/c1-9-4-5-10-14-11(15-16(10)8-9)12-6-3-7-13-19(2,17)18/h4-5,8,13H,3,6-7H2,1-2H3,(H,12,15). The van der Waals surface area contributed by atoms with Crippen LogP contribution in [-0.4, -0.2) is 42.4 Å². The molecule has 2 N–H and O–H groups in total. The van der Waals surface area contributed by atoms with E-state index in [0.29, 0.717) is 25.5 Å². The van der Waals surface area contributed by atoms with Gasteiger partial charge in [0, 0.05) is 19.3 Å². The third kappa shape index (κ3) is 4.18.